The first kappa shape index (κ1) is 15.1. The normalized spacial score (nSPS) is 15.5. The van der Waals surface area contributed by atoms with Crippen LogP contribution in [0, 0.1) is 5.92 Å². The van der Waals surface area contributed by atoms with E-state index >= 15 is 0 Å². The van der Waals surface area contributed by atoms with Crippen LogP contribution >= 0.6 is 15.9 Å². The Balaban J connectivity index is 1.90. The molecule has 0 saturated heterocycles. The van der Waals surface area contributed by atoms with Crippen LogP contribution in [-0.4, -0.2) is 26.3 Å². The van der Waals surface area contributed by atoms with Crippen LogP contribution in [-0.2, 0) is 4.79 Å². The van der Waals surface area contributed by atoms with Gasteiger partial charge in [0.25, 0.3) is 0 Å². The molecule has 1 aliphatic carbocycles. The zero-order chi connectivity index (χ0) is 15.7. The van der Waals surface area contributed by atoms with E-state index in [4.69, 9.17) is 0 Å². The van der Waals surface area contributed by atoms with Gasteiger partial charge in [-0.3, -0.25) is 9.59 Å². The van der Waals surface area contributed by atoms with E-state index in [0.29, 0.717) is 5.56 Å². The Hall–Kier alpha value is -1.82. The Morgan fingerprint density at radius 1 is 1.41 bits per heavy atom. The first-order valence-corrected chi connectivity index (χ1v) is 8.05. The highest BCUT2D eigenvalue weighted by molar-refractivity contribution is 9.10. The minimum absolute atomic E-state index is 0.0105. The molecule has 0 aliphatic heterocycles. The first-order valence-electron chi connectivity index (χ1n) is 7.25. The molecular formula is C16H16BrN3O2. The number of hydrogen-bond acceptors (Lipinski definition) is 4. The van der Waals surface area contributed by atoms with Crippen molar-refractivity contribution in [2.75, 3.05) is 0 Å². The molecule has 3 rings (SSSR count). The number of hydrogen-bond donors (Lipinski definition) is 0. The maximum Gasteiger partial charge on any atom is 0.170 e. The fourth-order valence-electron chi connectivity index (χ4n) is 2.50. The third-order valence-electron chi connectivity index (χ3n) is 3.97. The minimum atomic E-state index is -0.130. The van der Waals surface area contributed by atoms with Gasteiger partial charge in [-0.2, -0.15) is 5.10 Å². The molecule has 1 heterocycles. The summed E-state index contributed by atoms with van der Waals surface area (Å²) in [5.74, 6) is 0.0502. The van der Waals surface area contributed by atoms with Crippen molar-refractivity contribution in [2.24, 2.45) is 5.92 Å². The Bertz CT molecular complexity index is 708. The molecule has 1 atom stereocenters. The second-order valence-electron chi connectivity index (χ2n) is 5.62. The molecule has 1 fully saturated rings. The second kappa shape index (κ2) is 6.12. The largest absolute Gasteiger partial charge is 0.299 e. The van der Waals surface area contributed by atoms with Crippen molar-refractivity contribution >= 4 is 27.5 Å². The van der Waals surface area contributed by atoms with Crippen molar-refractivity contribution < 1.29 is 9.59 Å². The molecule has 0 N–H and O–H groups in total. The van der Waals surface area contributed by atoms with E-state index in [-0.39, 0.29) is 29.9 Å². The van der Waals surface area contributed by atoms with E-state index < -0.39 is 0 Å². The number of carbonyl (C=O) groups excluding carboxylic acids is 2. The van der Waals surface area contributed by atoms with E-state index in [1.54, 1.807) is 17.1 Å². The predicted octanol–water partition coefficient (Wildman–Crippen LogP) is 3.20. The van der Waals surface area contributed by atoms with Crippen molar-refractivity contribution in [1.29, 1.82) is 0 Å². The van der Waals surface area contributed by atoms with E-state index in [1.807, 2.05) is 19.1 Å². The van der Waals surface area contributed by atoms with Gasteiger partial charge in [0.1, 0.15) is 18.4 Å². The van der Waals surface area contributed by atoms with Crippen molar-refractivity contribution in [1.82, 2.24) is 14.8 Å². The predicted molar refractivity (Wildman–Crippen MR) is 84.7 cm³/mol. The molecule has 1 aromatic carbocycles. The Kier molecular flexibility index (Phi) is 4.20. The second-order valence-corrected chi connectivity index (χ2v) is 6.54. The summed E-state index contributed by atoms with van der Waals surface area (Å²) in [4.78, 5) is 28.4. The Labute approximate surface area is 136 Å². The number of benzene rings is 1. The zero-order valence-electron chi connectivity index (χ0n) is 12.2. The number of rotatable bonds is 6. The van der Waals surface area contributed by atoms with Gasteiger partial charge in [0.15, 0.2) is 5.78 Å². The van der Waals surface area contributed by atoms with E-state index in [2.05, 4.69) is 26.0 Å². The number of aromatic nitrogens is 3. The smallest absolute Gasteiger partial charge is 0.170 e. The molecule has 6 heteroatoms. The maximum absolute atomic E-state index is 12.5. The van der Waals surface area contributed by atoms with Crippen LogP contribution in [0.25, 0.3) is 0 Å². The number of carbonyl (C=O) groups is 2. The van der Waals surface area contributed by atoms with E-state index in [9.17, 15) is 9.59 Å². The number of halogens is 1. The van der Waals surface area contributed by atoms with Gasteiger partial charge in [0.05, 0.1) is 12.5 Å². The molecule has 2 aromatic rings. The summed E-state index contributed by atoms with van der Waals surface area (Å²) in [6, 6.07) is 5.37. The summed E-state index contributed by atoms with van der Waals surface area (Å²) in [7, 11) is 0. The summed E-state index contributed by atoms with van der Waals surface area (Å²) in [5, 5.41) is 4.13. The van der Waals surface area contributed by atoms with Gasteiger partial charge in [-0.05, 0) is 43.5 Å². The highest BCUT2D eigenvalue weighted by Crippen LogP contribution is 2.32. The standard InChI is InChI=1S/C16H16BrN3O2/c1-10(20-9-18-8-19-20)14-6-12(17)4-5-13(14)16(22)7-15(21)11-2-3-11/h4-6,8-11H,2-3,7H2,1H3. The molecule has 1 unspecified atom stereocenters. The lowest BCUT2D eigenvalue weighted by Gasteiger charge is -2.16. The molecule has 0 radical (unpaired) electrons. The Morgan fingerprint density at radius 2 is 2.18 bits per heavy atom. The van der Waals surface area contributed by atoms with E-state index in [0.717, 1.165) is 22.9 Å². The van der Waals surface area contributed by atoms with Crippen LogP contribution in [0.4, 0.5) is 0 Å². The summed E-state index contributed by atoms with van der Waals surface area (Å²) < 4.78 is 2.58. The van der Waals surface area contributed by atoms with Gasteiger partial charge in [-0.25, -0.2) is 9.67 Å². The molecule has 0 bridgehead atoms. The van der Waals surface area contributed by atoms with Crippen LogP contribution in [0.5, 0.6) is 0 Å². The highest BCUT2D eigenvalue weighted by Gasteiger charge is 2.31. The molecule has 114 valence electrons. The Morgan fingerprint density at radius 3 is 2.82 bits per heavy atom. The third-order valence-corrected chi connectivity index (χ3v) is 4.46. The van der Waals surface area contributed by atoms with Gasteiger partial charge >= 0.3 is 0 Å². The quantitative estimate of drug-likeness (QED) is 0.585. The molecule has 1 aliphatic rings. The molecular weight excluding hydrogens is 346 g/mol. The summed E-state index contributed by atoms with van der Waals surface area (Å²) in [6.07, 6.45) is 4.93. The fourth-order valence-corrected chi connectivity index (χ4v) is 2.87. The fraction of sp³-hybridized carbons (Fsp3) is 0.375. The number of nitrogens with zero attached hydrogens (tertiary/aromatic N) is 3. The van der Waals surface area contributed by atoms with E-state index in [1.165, 1.54) is 6.33 Å². The van der Waals surface area contributed by atoms with Crippen molar-refractivity contribution in [2.45, 2.75) is 32.2 Å². The van der Waals surface area contributed by atoms with Crippen LogP contribution in [0.2, 0.25) is 0 Å². The van der Waals surface area contributed by atoms with Crippen molar-refractivity contribution in [3.8, 4) is 0 Å². The zero-order valence-corrected chi connectivity index (χ0v) is 13.8. The van der Waals surface area contributed by atoms with Crippen molar-refractivity contribution in [3.05, 3.63) is 46.5 Å². The van der Waals surface area contributed by atoms with Crippen LogP contribution in [0.1, 0.15) is 48.1 Å². The summed E-state index contributed by atoms with van der Waals surface area (Å²) in [6.45, 7) is 1.95. The van der Waals surface area contributed by atoms with Crippen LogP contribution in [0.3, 0.4) is 0 Å². The lowest BCUT2D eigenvalue weighted by atomic mass is 9.95. The molecule has 0 spiro atoms. The monoisotopic (exact) mass is 361 g/mol. The van der Waals surface area contributed by atoms with Gasteiger partial charge in [0, 0.05) is 16.0 Å². The highest BCUT2D eigenvalue weighted by atomic mass is 79.9. The lowest BCUT2D eigenvalue weighted by Crippen LogP contribution is -2.15. The lowest BCUT2D eigenvalue weighted by molar-refractivity contribution is -0.119. The first-order chi connectivity index (χ1) is 10.6. The van der Waals surface area contributed by atoms with Crippen molar-refractivity contribution in [3.63, 3.8) is 0 Å². The number of Topliss-reactive ketones (excluding diaryl/α,β-unsaturated/α-hetero) is 2. The van der Waals surface area contributed by atoms with Gasteiger partial charge in [-0.15, -0.1) is 0 Å². The average molecular weight is 362 g/mol. The molecule has 1 saturated carbocycles. The topological polar surface area (TPSA) is 64.8 Å². The SMILES string of the molecule is CC(c1cc(Br)ccc1C(=O)CC(=O)C1CC1)n1cncn1. The minimum Gasteiger partial charge on any atom is -0.299 e. The summed E-state index contributed by atoms with van der Waals surface area (Å²) in [5.41, 5.74) is 1.42. The van der Waals surface area contributed by atoms with Crippen LogP contribution in [0.15, 0.2) is 35.3 Å². The third kappa shape index (κ3) is 3.16. The maximum atomic E-state index is 12.5. The summed E-state index contributed by atoms with van der Waals surface area (Å²) >= 11 is 3.44. The molecule has 5 nitrogen and oxygen atoms in total. The average Bonchev–Trinajstić information content (AvgIpc) is 3.21. The van der Waals surface area contributed by atoms with Gasteiger partial charge in [-0.1, -0.05) is 15.9 Å². The molecule has 1 aromatic heterocycles. The van der Waals surface area contributed by atoms with Crippen LogP contribution < -0.4 is 0 Å². The van der Waals surface area contributed by atoms with Gasteiger partial charge in [0.2, 0.25) is 0 Å². The van der Waals surface area contributed by atoms with Gasteiger partial charge < -0.3 is 0 Å². The molecule has 22 heavy (non-hydrogen) atoms. The number of ketones is 2. The molecule has 0 amide bonds.